The second-order valence-electron chi connectivity index (χ2n) is 9.51. The quantitative estimate of drug-likeness (QED) is 0.402. The predicted molar refractivity (Wildman–Crippen MR) is 127 cm³/mol. The first kappa shape index (κ1) is 20.0. The van der Waals surface area contributed by atoms with Gasteiger partial charge in [0, 0.05) is 46.6 Å². The van der Waals surface area contributed by atoms with Crippen LogP contribution in [0.4, 0.5) is 14.9 Å². The lowest BCUT2D eigenvalue weighted by Gasteiger charge is -2.40. The molecule has 6 rings (SSSR count). The molecular weight excluding hydrogens is 415 g/mol. The lowest BCUT2D eigenvalue weighted by Crippen LogP contribution is -2.47. The van der Waals surface area contributed by atoms with Crippen molar-refractivity contribution in [2.24, 2.45) is 0 Å². The minimum absolute atomic E-state index is 0.0830. The third kappa shape index (κ3) is 3.28. The van der Waals surface area contributed by atoms with Gasteiger partial charge < -0.3 is 15.2 Å². The van der Waals surface area contributed by atoms with Gasteiger partial charge in [-0.2, -0.15) is 0 Å². The van der Waals surface area contributed by atoms with Crippen molar-refractivity contribution in [3.05, 3.63) is 94.7 Å². The number of fused-ring (bicyclic) bond motifs is 4. The van der Waals surface area contributed by atoms with Crippen molar-refractivity contribution < 1.29 is 9.18 Å². The van der Waals surface area contributed by atoms with E-state index in [1.165, 1.54) is 17.7 Å². The number of H-pyrrole nitrogens is 1. The molecule has 1 unspecified atom stereocenters. The zero-order chi connectivity index (χ0) is 22.7. The Labute approximate surface area is 191 Å². The molecule has 1 aliphatic carbocycles. The standard InChI is InChI=1S/C27H25FN4O/c1-16-10-17(2)12-20(11-16)30-26(33)32-15-27(7-8-27)23-21-14-29-9-6-22(21)31-24(23)25(32)18-4-3-5-19(28)13-18/h3-6,9-14,25,31H,7-8,15H2,1-2H3,(H,30,33). The maximum absolute atomic E-state index is 14.3. The van der Waals surface area contributed by atoms with Gasteiger partial charge in [0.1, 0.15) is 5.82 Å². The lowest BCUT2D eigenvalue weighted by atomic mass is 9.83. The fraction of sp³-hybridized carbons (Fsp3) is 0.259. The summed E-state index contributed by atoms with van der Waals surface area (Å²) in [4.78, 5) is 23.5. The summed E-state index contributed by atoms with van der Waals surface area (Å²) in [5, 5.41) is 4.20. The van der Waals surface area contributed by atoms with Crippen LogP contribution >= 0.6 is 0 Å². The summed E-state index contributed by atoms with van der Waals surface area (Å²) in [5.74, 6) is -0.312. The Kier molecular flexibility index (Phi) is 4.34. The Morgan fingerprint density at radius 1 is 1.15 bits per heavy atom. The average Bonchev–Trinajstić information content (AvgIpc) is 3.41. The third-order valence-corrected chi connectivity index (χ3v) is 6.97. The molecule has 2 amide bonds. The van der Waals surface area contributed by atoms with E-state index < -0.39 is 6.04 Å². The monoisotopic (exact) mass is 440 g/mol. The molecule has 2 N–H and O–H groups in total. The SMILES string of the molecule is Cc1cc(C)cc(NC(=O)N2CC3(CC3)c3c([nH]c4ccncc34)C2c2cccc(F)c2)c1. The average molecular weight is 441 g/mol. The summed E-state index contributed by atoms with van der Waals surface area (Å²) in [6, 6.07) is 14.0. The molecule has 0 bridgehead atoms. The van der Waals surface area contributed by atoms with Crippen LogP contribution in [0.25, 0.3) is 10.9 Å². The smallest absolute Gasteiger partial charge is 0.322 e. The van der Waals surface area contributed by atoms with E-state index in [2.05, 4.69) is 21.4 Å². The van der Waals surface area contributed by atoms with E-state index in [0.29, 0.717) is 6.54 Å². The fourth-order valence-electron chi connectivity index (χ4n) is 5.50. The molecule has 1 atom stereocenters. The second kappa shape index (κ2) is 7.17. The summed E-state index contributed by atoms with van der Waals surface area (Å²) in [6.07, 6.45) is 5.71. The maximum Gasteiger partial charge on any atom is 0.322 e. The van der Waals surface area contributed by atoms with Gasteiger partial charge in [-0.05, 0) is 79.3 Å². The summed E-state index contributed by atoms with van der Waals surface area (Å²) in [5.41, 5.74) is 6.82. The van der Waals surface area contributed by atoms with Crippen LogP contribution in [0.15, 0.2) is 60.9 Å². The van der Waals surface area contributed by atoms with Crippen molar-refractivity contribution in [1.29, 1.82) is 0 Å². The number of hydrogen-bond acceptors (Lipinski definition) is 2. The summed E-state index contributed by atoms with van der Waals surface area (Å²) >= 11 is 0. The number of aromatic nitrogens is 2. The molecule has 1 fully saturated rings. The van der Waals surface area contributed by atoms with Gasteiger partial charge in [-0.3, -0.25) is 4.98 Å². The van der Waals surface area contributed by atoms with Gasteiger partial charge in [0.25, 0.3) is 0 Å². The van der Waals surface area contributed by atoms with Gasteiger partial charge in [-0.25, -0.2) is 9.18 Å². The van der Waals surface area contributed by atoms with Gasteiger partial charge in [0.2, 0.25) is 0 Å². The highest BCUT2D eigenvalue weighted by atomic mass is 19.1. The van der Waals surface area contributed by atoms with Gasteiger partial charge in [-0.1, -0.05) is 18.2 Å². The van der Waals surface area contributed by atoms with E-state index in [1.807, 2.05) is 49.2 Å². The maximum atomic E-state index is 14.3. The molecule has 2 aliphatic rings. The van der Waals surface area contributed by atoms with Crippen LogP contribution in [0, 0.1) is 19.7 Å². The number of amides is 2. The van der Waals surface area contributed by atoms with E-state index >= 15 is 0 Å². The van der Waals surface area contributed by atoms with Crippen LogP contribution < -0.4 is 5.32 Å². The van der Waals surface area contributed by atoms with E-state index in [4.69, 9.17) is 0 Å². The number of carbonyl (C=O) groups excluding carboxylic acids is 1. The molecular formula is C27H25FN4O. The highest BCUT2D eigenvalue weighted by molar-refractivity contribution is 5.92. The van der Waals surface area contributed by atoms with Gasteiger partial charge >= 0.3 is 6.03 Å². The first-order chi connectivity index (χ1) is 15.9. The Bertz CT molecular complexity index is 1380. The summed E-state index contributed by atoms with van der Waals surface area (Å²) in [7, 11) is 0. The summed E-state index contributed by atoms with van der Waals surface area (Å²) in [6.45, 7) is 4.62. The highest BCUT2D eigenvalue weighted by Gasteiger charge is 2.54. The van der Waals surface area contributed by atoms with E-state index in [0.717, 1.165) is 51.8 Å². The number of nitrogens with one attached hydrogen (secondary N) is 2. The zero-order valence-corrected chi connectivity index (χ0v) is 18.7. The Morgan fingerprint density at radius 3 is 2.67 bits per heavy atom. The molecule has 5 nitrogen and oxygen atoms in total. The van der Waals surface area contributed by atoms with Crippen LogP contribution in [0.3, 0.4) is 0 Å². The second-order valence-corrected chi connectivity index (χ2v) is 9.51. The highest BCUT2D eigenvalue weighted by Crippen LogP contribution is 2.57. The van der Waals surface area contributed by atoms with Crippen LogP contribution in [-0.4, -0.2) is 27.4 Å². The van der Waals surface area contributed by atoms with Crippen molar-refractivity contribution in [2.75, 3.05) is 11.9 Å². The number of aryl methyl sites for hydroxylation is 2. The third-order valence-electron chi connectivity index (χ3n) is 6.97. The Morgan fingerprint density at radius 2 is 1.94 bits per heavy atom. The van der Waals surface area contributed by atoms with E-state index in [-0.39, 0.29) is 17.3 Å². The largest absolute Gasteiger partial charge is 0.356 e. The number of benzene rings is 2. The van der Waals surface area contributed by atoms with Gasteiger partial charge in [-0.15, -0.1) is 0 Å². The molecule has 3 heterocycles. The van der Waals surface area contributed by atoms with Gasteiger partial charge in [0.15, 0.2) is 0 Å². The molecule has 1 spiro atoms. The molecule has 2 aromatic carbocycles. The summed E-state index contributed by atoms with van der Waals surface area (Å²) < 4.78 is 14.3. The molecule has 1 saturated carbocycles. The number of nitrogens with zero attached hydrogens (tertiary/aromatic N) is 2. The molecule has 166 valence electrons. The van der Waals surface area contributed by atoms with E-state index in [1.54, 1.807) is 12.3 Å². The zero-order valence-electron chi connectivity index (χ0n) is 18.7. The van der Waals surface area contributed by atoms with Crippen LogP contribution in [-0.2, 0) is 5.41 Å². The number of hydrogen-bond donors (Lipinski definition) is 2. The minimum atomic E-state index is -0.416. The predicted octanol–water partition coefficient (Wildman–Crippen LogP) is 5.99. The number of aromatic amines is 1. The van der Waals surface area contributed by atoms with Crippen molar-refractivity contribution in [1.82, 2.24) is 14.9 Å². The molecule has 0 saturated heterocycles. The minimum Gasteiger partial charge on any atom is -0.356 e. The van der Waals surface area contributed by atoms with Crippen molar-refractivity contribution in [3.8, 4) is 0 Å². The van der Waals surface area contributed by atoms with E-state index in [9.17, 15) is 9.18 Å². The van der Waals surface area contributed by atoms with Crippen LogP contribution in [0.5, 0.6) is 0 Å². The first-order valence-corrected chi connectivity index (χ1v) is 11.3. The van der Waals surface area contributed by atoms with Crippen molar-refractivity contribution in [2.45, 2.75) is 38.1 Å². The number of carbonyl (C=O) groups is 1. The number of pyridine rings is 1. The van der Waals surface area contributed by atoms with Crippen LogP contribution in [0.1, 0.15) is 46.8 Å². The molecule has 0 radical (unpaired) electrons. The number of anilines is 1. The molecule has 2 aromatic heterocycles. The number of rotatable bonds is 2. The van der Waals surface area contributed by atoms with Crippen molar-refractivity contribution >= 4 is 22.6 Å². The number of halogens is 1. The fourth-order valence-corrected chi connectivity index (χ4v) is 5.50. The lowest BCUT2D eigenvalue weighted by molar-refractivity contribution is 0.181. The molecule has 33 heavy (non-hydrogen) atoms. The normalized spacial score (nSPS) is 18.4. The van der Waals surface area contributed by atoms with Crippen LogP contribution in [0.2, 0.25) is 0 Å². The number of urea groups is 1. The Hall–Kier alpha value is -3.67. The molecule has 4 aromatic rings. The topological polar surface area (TPSA) is 61.0 Å². The molecule has 6 heteroatoms. The Balaban J connectivity index is 1.49. The van der Waals surface area contributed by atoms with Gasteiger partial charge in [0.05, 0.1) is 6.04 Å². The molecule has 1 aliphatic heterocycles. The first-order valence-electron chi connectivity index (χ1n) is 11.3. The van der Waals surface area contributed by atoms with Crippen molar-refractivity contribution in [3.63, 3.8) is 0 Å².